The fraction of sp³-hybridized carbons (Fsp3) is 0.281. The summed E-state index contributed by atoms with van der Waals surface area (Å²) in [5.41, 5.74) is 2.74. The molecule has 8 nitrogen and oxygen atoms in total. The zero-order chi connectivity index (χ0) is 27.6. The number of likely N-dealkylation sites (tertiary alicyclic amines) is 1. The molecule has 0 spiro atoms. The maximum Gasteiger partial charge on any atom is 0.344 e. The Balaban J connectivity index is 1.29. The van der Waals surface area contributed by atoms with Crippen LogP contribution >= 0.6 is 0 Å². The van der Waals surface area contributed by atoms with E-state index in [2.05, 4.69) is 5.32 Å². The number of hydrogen-bond acceptors (Lipinski definition) is 6. The number of nitrogens with zero attached hydrogens (tertiary/aromatic N) is 1. The Bertz CT molecular complexity index is 1610. The molecule has 3 aromatic carbocycles. The van der Waals surface area contributed by atoms with Gasteiger partial charge in [0.2, 0.25) is 5.91 Å². The van der Waals surface area contributed by atoms with E-state index in [-0.39, 0.29) is 11.8 Å². The Morgan fingerprint density at radius 1 is 1.02 bits per heavy atom. The van der Waals surface area contributed by atoms with Crippen molar-refractivity contribution in [3.8, 4) is 11.5 Å². The van der Waals surface area contributed by atoms with E-state index in [0.717, 1.165) is 43.5 Å². The molecule has 1 aromatic heterocycles. The highest BCUT2D eigenvalue weighted by molar-refractivity contribution is 5.97. The van der Waals surface area contributed by atoms with Crippen LogP contribution in [0.4, 0.5) is 5.69 Å². The van der Waals surface area contributed by atoms with Gasteiger partial charge in [0.25, 0.3) is 5.91 Å². The van der Waals surface area contributed by atoms with Crippen LogP contribution in [0.1, 0.15) is 41.9 Å². The van der Waals surface area contributed by atoms with E-state index < -0.39 is 17.6 Å². The first kappa shape index (κ1) is 25.7. The molecule has 2 aliphatic rings. The van der Waals surface area contributed by atoms with Crippen molar-refractivity contribution >= 4 is 28.5 Å². The van der Waals surface area contributed by atoms with Gasteiger partial charge in [0.05, 0.1) is 24.0 Å². The summed E-state index contributed by atoms with van der Waals surface area (Å²) in [6.45, 7) is 1.60. The first-order chi connectivity index (χ1) is 19.5. The number of carbonyl (C=O) groups is 2. The van der Waals surface area contributed by atoms with Crippen LogP contribution in [0.15, 0.2) is 82.0 Å². The van der Waals surface area contributed by atoms with Crippen molar-refractivity contribution in [1.29, 1.82) is 0 Å². The minimum absolute atomic E-state index is 0.237. The van der Waals surface area contributed by atoms with E-state index in [4.69, 9.17) is 13.9 Å². The number of carbonyl (C=O) groups excluding carboxylic acids is 2. The van der Waals surface area contributed by atoms with E-state index >= 15 is 0 Å². The van der Waals surface area contributed by atoms with Gasteiger partial charge in [0.1, 0.15) is 17.1 Å². The minimum atomic E-state index is -0.974. The second-order valence-corrected chi connectivity index (χ2v) is 10.2. The highest BCUT2D eigenvalue weighted by Crippen LogP contribution is 2.44. The number of ether oxygens (including phenoxy) is 2. The Morgan fingerprint density at radius 2 is 1.80 bits per heavy atom. The number of hydrogen-bond donors (Lipinski definition) is 1. The maximum atomic E-state index is 13.6. The number of rotatable bonds is 8. The summed E-state index contributed by atoms with van der Waals surface area (Å²) in [5, 5.41) is 3.57. The third kappa shape index (κ3) is 4.93. The van der Waals surface area contributed by atoms with Crippen molar-refractivity contribution in [3.05, 3.63) is 99.9 Å². The molecule has 2 amide bonds. The number of nitrogens with one attached hydrogen (secondary N) is 1. The summed E-state index contributed by atoms with van der Waals surface area (Å²) in [5.74, 6) is 0.280. The lowest BCUT2D eigenvalue weighted by molar-refractivity contribution is -0.127. The molecule has 0 unspecified atom stereocenters. The van der Waals surface area contributed by atoms with E-state index in [0.29, 0.717) is 40.1 Å². The molecule has 0 radical (unpaired) electrons. The van der Waals surface area contributed by atoms with Crippen molar-refractivity contribution in [2.45, 2.75) is 37.7 Å². The first-order valence-corrected chi connectivity index (χ1v) is 13.6. The lowest BCUT2D eigenvalue weighted by Crippen LogP contribution is -2.35. The van der Waals surface area contributed by atoms with Crippen molar-refractivity contribution < 1.29 is 23.5 Å². The lowest BCUT2D eigenvalue weighted by atomic mass is 9.87. The molecule has 0 bridgehead atoms. The maximum absolute atomic E-state index is 13.6. The molecule has 40 heavy (non-hydrogen) atoms. The highest BCUT2D eigenvalue weighted by Gasteiger charge is 2.44. The molecule has 2 aliphatic heterocycles. The number of methoxy groups -OCH3 is 1. The SMILES string of the molecule is COc1ccc(NC(=O)[C@H]2Oc3c(c(=O)oc4ccccc34)[C@@H]2c2ccc(CCCN3CCCC3=O)cc2)cc1. The predicted octanol–water partition coefficient (Wildman–Crippen LogP) is 4.89. The van der Waals surface area contributed by atoms with Crippen LogP contribution in [0.3, 0.4) is 0 Å². The smallest absolute Gasteiger partial charge is 0.344 e. The molecule has 1 fully saturated rings. The summed E-state index contributed by atoms with van der Waals surface area (Å²) in [6.07, 6.45) is 2.32. The van der Waals surface area contributed by atoms with Crippen LogP contribution in [0, 0.1) is 0 Å². The quantitative estimate of drug-likeness (QED) is 0.321. The molecule has 0 aliphatic carbocycles. The highest BCUT2D eigenvalue weighted by atomic mass is 16.5. The number of anilines is 1. The van der Waals surface area contributed by atoms with E-state index in [9.17, 15) is 14.4 Å². The van der Waals surface area contributed by atoms with Gasteiger partial charge in [-0.25, -0.2) is 4.79 Å². The van der Waals surface area contributed by atoms with Crippen molar-refractivity contribution in [2.24, 2.45) is 0 Å². The number of aryl methyl sites for hydroxylation is 1. The third-order valence-electron chi connectivity index (χ3n) is 7.68. The molecule has 6 rings (SSSR count). The zero-order valence-electron chi connectivity index (χ0n) is 22.2. The molecule has 3 heterocycles. The van der Waals surface area contributed by atoms with Gasteiger partial charge >= 0.3 is 5.63 Å². The monoisotopic (exact) mass is 538 g/mol. The van der Waals surface area contributed by atoms with Crippen LogP contribution < -0.4 is 20.4 Å². The van der Waals surface area contributed by atoms with Gasteiger partial charge in [-0.15, -0.1) is 0 Å². The van der Waals surface area contributed by atoms with E-state index in [1.807, 2.05) is 41.3 Å². The molecular weight excluding hydrogens is 508 g/mol. The standard InChI is InChI=1S/C32H30N2O6/c1-38-23-16-14-22(15-17-23)33-31(36)30-27(28-29(40-30)24-7-2-3-8-25(24)39-32(28)37)21-12-10-20(11-13-21)6-4-18-34-19-5-9-26(34)35/h2-3,7-8,10-17,27,30H,4-6,9,18-19H2,1H3,(H,33,36)/t27-,30-/m0/s1. The molecule has 204 valence electrons. The van der Waals surface area contributed by atoms with E-state index in [1.54, 1.807) is 43.5 Å². The fourth-order valence-electron chi connectivity index (χ4n) is 5.62. The molecule has 4 aromatic rings. The average Bonchev–Trinajstić information content (AvgIpc) is 3.58. The summed E-state index contributed by atoms with van der Waals surface area (Å²) >= 11 is 0. The van der Waals surface area contributed by atoms with Crippen LogP contribution in [0.5, 0.6) is 11.5 Å². The second-order valence-electron chi connectivity index (χ2n) is 10.2. The lowest BCUT2D eigenvalue weighted by Gasteiger charge is -2.19. The van der Waals surface area contributed by atoms with Crippen molar-refractivity contribution in [2.75, 3.05) is 25.5 Å². The Hall–Kier alpha value is -4.59. The topological polar surface area (TPSA) is 98.1 Å². The Labute approximate surface area is 231 Å². The summed E-state index contributed by atoms with van der Waals surface area (Å²) in [4.78, 5) is 40.7. The summed E-state index contributed by atoms with van der Waals surface area (Å²) in [6, 6.07) is 22.1. The largest absolute Gasteiger partial charge is 0.497 e. The van der Waals surface area contributed by atoms with Crippen LogP contribution in [-0.4, -0.2) is 43.0 Å². The first-order valence-electron chi connectivity index (χ1n) is 13.6. The van der Waals surface area contributed by atoms with E-state index in [1.165, 1.54) is 0 Å². The number of fused-ring (bicyclic) bond motifs is 3. The zero-order valence-corrected chi connectivity index (χ0v) is 22.2. The molecule has 8 heteroatoms. The van der Waals surface area contributed by atoms with Gasteiger partial charge in [-0.3, -0.25) is 9.59 Å². The van der Waals surface area contributed by atoms with Crippen LogP contribution in [0.2, 0.25) is 0 Å². The fourth-order valence-corrected chi connectivity index (χ4v) is 5.62. The van der Waals surface area contributed by atoms with Gasteiger partial charge < -0.3 is 24.1 Å². The van der Waals surface area contributed by atoms with Gasteiger partial charge in [-0.2, -0.15) is 0 Å². The van der Waals surface area contributed by atoms with Crippen LogP contribution in [0.25, 0.3) is 11.0 Å². The van der Waals surface area contributed by atoms with Gasteiger partial charge in [-0.05, 0) is 66.8 Å². The number of amides is 2. The molecule has 1 saturated heterocycles. The van der Waals surface area contributed by atoms with Crippen molar-refractivity contribution in [3.63, 3.8) is 0 Å². The normalized spacial score (nSPS) is 18.0. The Kier molecular flexibility index (Phi) is 6.99. The van der Waals surface area contributed by atoms with Gasteiger partial charge in [0.15, 0.2) is 6.10 Å². The van der Waals surface area contributed by atoms with Crippen molar-refractivity contribution in [1.82, 2.24) is 4.90 Å². The minimum Gasteiger partial charge on any atom is -0.497 e. The molecule has 2 atom stereocenters. The molecular formula is C32H30N2O6. The summed E-state index contributed by atoms with van der Waals surface area (Å²) in [7, 11) is 1.58. The molecule has 1 N–H and O–H groups in total. The van der Waals surface area contributed by atoms with Crippen LogP contribution in [-0.2, 0) is 16.0 Å². The summed E-state index contributed by atoms with van der Waals surface area (Å²) < 4.78 is 17.1. The van der Waals surface area contributed by atoms with Gasteiger partial charge in [0, 0.05) is 25.2 Å². The molecule has 0 saturated carbocycles. The third-order valence-corrected chi connectivity index (χ3v) is 7.68. The predicted molar refractivity (Wildman–Crippen MR) is 151 cm³/mol. The average molecular weight is 539 g/mol. The second kappa shape index (κ2) is 10.9. The Morgan fingerprint density at radius 3 is 2.52 bits per heavy atom. The number of para-hydroxylation sites is 1. The number of benzene rings is 3. The van der Waals surface area contributed by atoms with Gasteiger partial charge in [-0.1, -0.05) is 36.4 Å².